The molecule has 0 aliphatic carbocycles. The number of ether oxygens (including phenoxy) is 1. The highest BCUT2D eigenvalue weighted by molar-refractivity contribution is 5.80. The van der Waals surface area contributed by atoms with Crippen molar-refractivity contribution in [3.05, 3.63) is 0 Å². The van der Waals surface area contributed by atoms with Crippen LogP contribution in [-0.4, -0.2) is 42.6 Å². The standard InChI is InChI=1S/C11H20N2O2/c1-2-11(12)7-13(8-11)10(14)9-4-3-5-15-6-9/h9H,2-8,12H2,1H3. The fourth-order valence-electron chi connectivity index (χ4n) is 2.29. The Hall–Kier alpha value is -0.610. The quantitative estimate of drug-likeness (QED) is 0.719. The Balaban J connectivity index is 1.83. The van der Waals surface area contributed by atoms with Crippen molar-refractivity contribution in [1.82, 2.24) is 4.90 Å². The molecule has 1 amide bonds. The third-order valence-corrected chi connectivity index (χ3v) is 3.54. The van der Waals surface area contributed by atoms with E-state index in [1.165, 1.54) is 0 Å². The van der Waals surface area contributed by atoms with E-state index in [2.05, 4.69) is 6.92 Å². The fourth-order valence-corrected chi connectivity index (χ4v) is 2.29. The number of carbonyl (C=O) groups excluding carboxylic acids is 1. The minimum Gasteiger partial charge on any atom is -0.381 e. The Morgan fingerprint density at radius 3 is 2.87 bits per heavy atom. The van der Waals surface area contributed by atoms with Crippen molar-refractivity contribution in [3.8, 4) is 0 Å². The number of hydrogen-bond donors (Lipinski definition) is 1. The van der Waals surface area contributed by atoms with Gasteiger partial charge < -0.3 is 15.4 Å². The van der Waals surface area contributed by atoms with Crippen LogP contribution in [-0.2, 0) is 9.53 Å². The largest absolute Gasteiger partial charge is 0.381 e. The summed E-state index contributed by atoms with van der Waals surface area (Å²) in [4.78, 5) is 13.9. The highest BCUT2D eigenvalue weighted by atomic mass is 16.5. The van der Waals surface area contributed by atoms with E-state index in [0.29, 0.717) is 6.61 Å². The van der Waals surface area contributed by atoms with Crippen LogP contribution in [0.25, 0.3) is 0 Å². The molecule has 0 saturated carbocycles. The fraction of sp³-hybridized carbons (Fsp3) is 0.909. The summed E-state index contributed by atoms with van der Waals surface area (Å²) >= 11 is 0. The summed E-state index contributed by atoms with van der Waals surface area (Å²) in [6.45, 7) is 4.92. The molecular weight excluding hydrogens is 192 g/mol. The smallest absolute Gasteiger partial charge is 0.228 e. The molecule has 15 heavy (non-hydrogen) atoms. The molecule has 1 atom stereocenters. The first kappa shape index (κ1) is 10.9. The second-order valence-corrected chi connectivity index (χ2v) is 4.82. The lowest BCUT2D eigenvalue weighted by Gasteiger charge is -2.48. The number of carbonyl (C=O) groups is 1. The lowest BCUT2D eigenvalue weighted by atomic mass is 9.86. The van der Waals surface area contributed by atoms with Gasteiger partial charge in [-0.15, -0.1) is 0 Å². The molecule has 0 aromatic heterocycles. The zero-order chi connectivity index (χ0) is 10.9. The van der Waals surface area contributed by atoms with E-state index < -0.39 is 0 Å². The van der Waals surface area contributed by atoms with E-state index in [1.54, 1.807) is 0 Å². The summed E-state index contributed by atoms with van der Waals surface area (Å²) in [5.74, 6) is 0.324. The summed E-state index contributed by atoms with van der Waals surface area (Å²) in [5.41, 5.74) is 5.91. The summed E-state index contributed by atoms with van der Waals surface area (Å²) in [5, 5.41) is 0. The van der Waals surface area contributed by atoms with Crippen molar-refractivity contribution in [2.24, 2.45) is 11.7 Å². The normalized spacial score (nSPS) is 29.7. The molecule has 0 aromatic rings. The number of rotatable bonds is 2. The molecule has 2 fully saturated rings. The first-order valence-electron chi connectivity index (χ1n) is 5.80. The molecule has 2 aliphatic rings. The second-order valence-electron chi connectivity index (χ2n) is 4.82. The van der Waals surface area contributed by atoms with Crippen LogP contribution in [0.15, 0.2) is 0 Å². The van der Waals surface area contributed by atoms with Gasteiger partial charge in [0.25, 0.3) is 0 Å². The van der Waals surface area contributed by atoms with Crippen LogP contribution >= 0.6 is 0 Å². The van der Waals surface area contributed by atoms with Crippen molar-refractivity contribution in [2.45, 2.75) is 31.7 Å². The zero-order valence-electron chi connectivity index (χ0n) is 9.37. The molecule has 4 heteroatoms. The van der Waals surface area contributed by atoms with Gasteiger partial charge in [-0.1, -0.05) is 6.92 Å². The van der Waals surface area contributed by atoms with Gasteiger partial charge in [0.1, 0.15) is 0 Å². The SMILES string of the molecule is CCC1(N)CN(C(=O)C2CCCOC2)C1. The van der Waals surface area contributed by atoms with Crippen LogP contribution in [0.5, 0.6) is 0 Å². The Morgan fingerprint density at radius 2 is 2.33 bits per heavy atom. The minimum atomic E-state index is -0.120. The average molecular weight is 212 g/mol. The predicted octanol–water partition coefficient (Wildman–Crippen LogP) is 0.363. The number of hydrogen-bond acceptors (Lipinski definition) is 3. The number of nitrogens with zero attached hydrogens (tertiary/aromatic N) is 1. The summed E-state index contributed by atoms with van der Waals surface area (Å²) in [6.07, 6.45) is 2.92. The van der Waals surface area contributed by atoms with E-state index in [-0.39, 0.29) is 17.4 Å². The third-order valence-electron chi connectivity index (χ3n) is 3.54. The molecule has 0 radical (unpaired) electrons. The van der Waals surface area contributed by atoms with Crippen LogP contribution in [0.2, 0.25) is 0 Å². The molecule has 2 N–H and O–H groups in total. The topological polar surface area (TPSA) is 55.6 Å². The maximum absolute atomic E-state index is 12.0. The van der Waals surface area contributed by atoms with Crippen molar-refractivity contribution in [1.29, 1.82) is 0 Å². The van der Waals surface area contributed by atoms with Gasteiger partial charge in [-0.25, -0.2) is 0 Å². The van der Waals surface area contributed by atoms with E-state index >= 15 is 0 Å². The maximum atomic E-state index is 12.0. The Bertz CT molecular complexity index is 243. The van der Waals surface area contributed by atoms with Gasteiger partial charge in [-0.3, -0.25) is 4.79 Å². The van der Waals surface area contributed by atoms with Crippen LogP contribution in [0.3, 0.4) is 0 Å². The molecule has 2 rings (SSSR count). The van der Waals surface area contributed by atoms with Gasteiger partial charge in [0, 0.05) is 19.7 Å². The van der Waals surface area contributed by atoms with Crippen molar-refractivity contribution < 1.29 is 9.53 Å². The summed E-state index contributed by atoms with van der Waals surface area (Å²) < 4.78 is 5.32. The van der Waals surface area contributed by atoms with Crippen LogP contribution < -0.4 is 5.73 Å². The van der Waals surface area contributed by atoms with E-state index in [4.69, 9.17) is 10.5 Å². The van der Waals surface area contributed by atoms with Crippen LogP contribution in [0.4, 0.5) is 0 Å². The second kappa shape index (κ2) is 4.10. The van der Waals surface area contributed by atoms with E-state index in [9.17, 15) is 4.79 Å². The first-order valence-corrected chi connectivity index (χ1v) is 5.80. The third kappa shape index (κ3) is 2.16. The maximum Gasteiger partial charge on any atom is 0.228 e. The first-order chi connectivity index (χ1) is 7.14. The van der Waals surface area contributed by atoms with Crippen molar-refractivity contribution in [3.63, 3.8) is 0 Å². The highest BCUT2D eigenvalue weighted by Gasteiger charge is 2.42. The van der Waals surface area contributed by atoms with Gasteiger partial charge in [-0.05, 0) is 19.3 Å². The predicted molar refractivity (Wildman–Crippen MR) is 57.3 cm³/mol. The highest BCUT2D eigenvalue weighted by Crippen LogP contribution is 2.25. The molecule has 2 aliphatic heterocycles. The molecule has 0 bridgehead atoms. The van der Waals surface area contributed by atoms with Crippen molar-refractivity contribution >= 4 is 5.91 Å². The van der Waals surface area contributed by atoms with Gasteiger partial charge in [0.15, 0.2) is 0 Å². The van der Waals surface area contributed by atoms with Gasteiger partial charge in [0.2, 0.25) is 5.91 Å². The Morgan fingerprint density at radius 1 is 1.60 bits per heavy atom. The number of amides is 1. The average Bonchev–Trinajstić information content (AvgIpc) is 2.25. The van der Waals surface area contributed by atoms with Crippen LogP contribution in [0, 0.1) is 5.92 Å². The van der Waals surface area contributed by atoms with E-state index in [0.717, 1.165) is 39.0 Å². The van der Waals surface area contributed by atoms with Crippen molar-refractivity contribution in [2.75, 3.05) is 26.3 Å². The Labute approximate surface area is 90.8 Å². The summed E-state index contributed by atoms with van der Waals surface area (Å²) in [7, 11) is 0. The van der Waals surface area contributed by atoms with Gasteiger partial charge in [-0.2, -0.15) is 0 Å². The summed E-state index contributed by atoms with van der Waals surface area (Å²) in [6, 6.07) is 0. The molecule has 2 heterocycles. The number of nitrogens with two attached hydrogens (primary N) is 1. The molecule has 1 unspecified atom stereocenters. The lowest BCUT2D eigenvalue weighted by Crippen LogP contribution is -2.69. The molecule has 4 nitrogen and oxygen atoms in total. The zero-order valence-corrected chi connectivity index (χ0v) is 9.37. The molecule has 0 spiro atoms. The number of likely N-dealkylation sites (tertiary alicyclic amines) is 1. The van der Waals surface area contributed by atoms with Gasteiger partial charge >= 0.3 is 0 Å². The lowest BCUT2D eigenvalue weighted by molar-refractivity contribution is -0.147. The molecule has 86 valence electrons. The monoisotopic (exact) mass is 212 g/mol. The molecule has 2 saturated heterocycles. The van der Waals surface area contributed by atoms with E-state index in [1.807, 2.05) is 4.90 Å². The van der Waals surface area contributed by atoms with Gasteiger partial charge in [0.05, 0.1) is 18.1 Å². The Kier molecular flexibility index (Phi) is 2.98. The minimum absolute atomic E-state index is 0.0835. The van der Waals surface area contributed by atoms with Crippen LogP contribution in [0.1, 0.15) is 26.2 Å². The molecule has 0 aromatic carbocycles. The molecular formula is C11H20N2O2.